The van der Waals surface area contributed by atoms with Gasteiger partial charge in [-0.3, -0.25) is 0 Å². The molecule has 66 valence electrons. The van der Waals surface area contributed by atoms with E-state index >= 15 is 0 Å². The third-order valence-electron chi connectivity index (χ3n) is 1.33. The fraction of sp³-hybridized carbons (Fsp3) is 0.889. The maximum atomic E-state index is 3.96. The number of hydrogen-bond donors (Lipinski definition) is 1. The molecule has 0 aromatic carbocycles. The van der Waals surface area contributed by atoms with Gasteiger partial charge in [-0.15, -0.1) is 5.54 Å². The number of hydrogen-bond acceptors (Lipinski definition) is 1. The minimum atomic E-state index is 0. The van der Waals surface area contributed by atoms with Gasteiger partial charge in [0.1, 0.15) is 0 Å². The topological polar surface area (TPSA) is 12.0 Å². The summed E-state index contributed by atoms with van der Waals surface area (Å²) in [5.74, 6) is 0.787. The van der Waals surface area contributed by atoms with Crippen molar-refractivity contribution >= 4 is 0 Å². The van der Waals surface area contributed by atoms with Crippen LogP contribution in [0.2, 0.25) is 0 Å². The maximum Gasteiger partial charge on any atom is 0 e. The monoisotopic (exact) mass is 380 g/mol. The fourth-order valence-corrected chi connectivity index (χ4v) is 0.699. The molecule has 0 heterocycles. The van der Waals surface area contributed by atoms with Gasteiger partial charge >= 0.3 is 0 Å². The molecule has 0 amide bonds. The molecule has 2 heteroatoms. The quantitative estimate of drug-likeness (QED) is 0.738. The Balaban J connectivity index is 0. The molecular formula is C9H20NU-. The van der Waals surface area contributed by atoms with E-state index in [1.807, 2.05) is 0 Å². The average molecular weight is 380 g/mol. The van der Waals surface area contributed by atoms with Crippen LogP contribution in [0.1, 0.15) is 34.1 Å². The van der Waals surface area contributed by atoms with Crippen LogP contribution in [0.4, 0.5) is 0 Å². The summed E-state index contributed by atoms with van der Waals surface area (Å²) in [5, 5.41) is 3.34. The van der Waals surface area contributed by atoms with Crippen LogP contribution < -0.4 is 5.32 Å². The van der Waals surface area contributed by atoms with Gasteiger partial charge in [-0.25, -0.2) is 0 Å². The van der Waals surface area contributed by atoms with Crippen LogP contribution in [-0.4, -0.2) is 12.1 Å². The van der Waals surface area contributed by atoms with E-state index in [4.69, 9.17) is 0 Å². The van der Waals surface area contributed by atoms with Gasteiger partial charge in [0.15, 0.2) is 0 Å². The van der Waals surface area contributed by atoms with E-state index in [2.05, 4.69) is 39.9 Å². The third kappa shape index (κ3) is 13.9. The van der Waals surface area contributed by atoms with Crippen molar-refractivity contribution in [1.82, 2.24) is 5.32 Å². The second-order valence-electron chi connectivity index (χ2n) is 3.99. The molecule has 0 unspecified atom stereocenters. The minimum absolute atomic E-state index is 0. The Kier molecular flexibility index (Phi) is 8.61. The molecule has 0 spiro atoms. The van der Waals surface area contributed by atoms with Gasteiger partial charge in [-0.05, 0) is 18.9 Å². The second-order valence-corrected chi connectivity index (χ2v) is 3.99. The van der Waals surface area contributed by atoms with Crippen molar-refractivity contribution in [2.45, 2.75) is 39.7 Å². The van der Waals surface area contributed by atoms with Gasteiger partial charge in [-0.2, -0.15) is 0 Å². The fourth-order valence-electron chi connectivity index (χ4n) is 0.699. The summed E-state index contributed by atoms with van der Waals surface area (Å²) in [7, 11) is 0. The molecule has 0 radical (unpaired) electrons. The van der Waals surface area contributed by atoms with Crippen LogP contribution in [0, 0.1) is 44.0 Å². The average Bonchev–Trinajstić information content (AvgIpc) is 1.59. The summed E-state index contributed by atoms with van der Waals surface area (Å²) >= 11 is 0. The molecule has 0 aliphatic carbocycles. The predicted octanol–water partition coefficient (Wildman–Crippen LogP) is 2.23. The molecule has 0 saturated carbocycles. The van der Waals surface area contributed by atoms with E-state index in [0.717, 1.165) is 12.5 Å². The Morgan fingerprint density at radius 3 is 2.09 bits per heavy atom. The molecule has 0 aromatic heterocycles. The maximum absolute atomic E-state index is 3.96. The number of nitrogens with one attached hydrogen (secondary N) is 1. The normalized spacial score (nSPS) is 11.5. The van der Waals surface area contributed by atoms with Crippen molar-refractivity contribution in [3.05, 3.63) is 6.92 Å². The predicted molar refractivity (Wildman–Crippen MR) is 46.9 cm³/mol. The Morgan fingerprint density at radius 2 is 1.82 bits per heavy atom. The van der Waals surface area contributed by atoms with E-state index < -0.39 is 0 Å². The van der Waals surface area contributed by atoms with Gasteiger partial charge in [-0.1, -0.05) is 27.7 Å². The molecule has 1 nitrogen and oxygen atoms in total. The minimum Gasteiger partial charge on any atom is -0.341 e. The Hall–Kier alpha value is 1.01. The smallest absolute Gasteiger partial charge is 0 e. The van der Waals surface area contributed by atoms with Crippen molar-refractivity contribution in [3.8, 4) is 0 Å². The van der Waals surface area contributed by atoms with Crippen molar-refractivity contribution in [2.24, 2.45) is 5.92 Å². The molecule has 0 bridgehead atoms. The van der Waals surface area contributed by atoms with E-state index in [0.29, 0.717) is 0 Å². The molecule has 0 atom stereocenters. The van der Waals surface area contributed by atoms with Gasteiger partial charge in [0.05, 0.1) is 0 Å². The first kappa shape index (κ1) is 14.5. The molecule has 0 fully saturated rings. The van der Waals surface area contributed by atoms with E-state index in [9.17, 15) is 0 Å². The van der Waals surface area contributed by atoms with Crippen molar-refractivity contribution < 1.29 is 31.1 Å². The van der Waals surface area contributed by atoms with Crippen molar-refractivity contribution in [1.29, 1.82) is 0 Å². The number of rotatable bonds is 4. The second kappa shape index (κ2) is 6.52. The van der Waals surface area contributed by atoms with Crippen molar-refractivity contribution in [3.63, 3.8) is 0 Å². The first-order chi connectivity index (χ1) is 4.42. The van der Waals surface area contributed by atoms with Gasteiger partial charge in [0.25, 0.3) is 0 Å². The van der Waals surface area contributed by atoms with Gasteiger partial charge in [0, 0.05) is 31.1 Å². The van der Waals surface area contributed by atoms with Crippen LogP contribution in [0.3, 0.4) is 0 Å². The first-order valence-electron chi connectivity index (χ1n) is 4.02. The summed E-state index contributed by atoms with van der Waals surface area (Å²) in [6.07, 6.45) is 1.24. The molecule has 11 heavy (non-hydrogen) atoms. The molecule has 0 rings (SSSR count). The van der Waals surface area contributed by atoms with Crippen LogP contribution in [0.15, 0.2) is 0 Å². The zero-order chi connectivity index (χ0) is 8.20. The van der Waals surface area contributed by atoms with E-state index in [-0.39, 0.29) is 36.7 Å². The molecule has 0 aromatic rings. The van der Waals surface area contributed by atoms with Crippen LogP contribution in [0.25, 0.3) is 0 Å². The summed E-state index contributed by atoms with van der Waals surface area (Å²) < 4.78 is 0. The molecule has 0 aliphatic heterocycles. The van der Waals surface area contributed by atoms with E-state index in [1.54, 1.807) is 0 Å². The molecule has 0 aliphatic rings. The Morgan fingerprint density at radius 1 is 1.36 bits per heavy atom. The van der Waals surface area contributed by atoms with Crippen LogP contribution >= 0.6 is 0 Å². The molecular weight excluding hydrogens is 360 g/mol. The summed E-state index contributed by atoms with van der Waals surface area (Å²) in [4.78, 5) is 0. The molecule has 1 N–H and O–H groups in total. The molecule has 0 saturated heterocycles. The largest absolute Gasteiger partial charge is 0.341 e. The standard InChI is InChI=1S/C9H20N.U/c1-8(2)6-7-10-9(3,4)5;/h8,10H,3,6-7H2,1-2,4-5H3;/q-1;. The summed E-state index contributed by atoms with van der Waals surface area (Å²) in [6, 6.07) is 0. The SMILES string of the molecule is [CH2-]C(C)(C)NCCC(C)C.[U]. The Bertz CT molecular complexity index is 84.1. The zero-order valence-electron chi connectivity index (χ0n) is 8.20. The van der Waals surface area contributed by atoms with Gasteiger partial charge in [0.2, 0.25) is 0 Å². The summed E-state index contributed by atoms with van der Waals surface area (Å²) in [6.45, 7) is 13.7. The van der Waals surface area contributed by atoms with Gasteiger partial charge < -0.3 is 12.2 Å². The third-order valence-corrected chi connectivity index (χ3v) is 1.33. The van der Waals surface area contributed by atoms with Crippen molar-refractivity contribution in [2.75, 3.05) is 6.54 Å². The van der Waals surface area contributed by atoms with Crippen LogP contribution in [-0.2, 0) is 0 Å². The van der Waals surface area contributed by atoms with E-state index in [1.165, 1.54) is 6.42 Å². The Labute approximate surface area is 95.1 Å². The summed E-state index contributed by atoms with van der Waals surface area (Å²) in [5.41, 5.74) is 0.0366. The first-order valence-corrected chi connectivity index (χ1v) is 4.02. The zero-order valence-corrected chi connectivity index (χ0v) is 12.4. The van der Waals surface area contributed by atoms with Crippen LogP contribution in [0.5, 0.6) is 0 Å².